The average molecular weight is 731 g/mol. The van der Waals surface area contributed by atoms with Gasteiger partial charge < -0.3 is 0 Å². The van der Waals surface area contributed by atoms with Gasteiger partial charge >= 0.3 is 228 Å². The van der Waals surface area contributed by atoms with Crippen LogP contribution in [-0.4, -0.2) is 9.13 Å². The quantitative estimate of drug-likeness (QED) is 0.136. The van der Waals surface area contributed by atoms with Crippen molar-refractivity contribution in [3.8, 4) is 11.4 Å². The van der Waals surface area contributed by atoms with Gasteiger partial charge in [0.2, 0.25) is 0 Å². The molecule has 1 aromatic heterocycles. The number of imidazole rings is 1. The molecular weight excluding hydrogens is 694 g/mol. The van der Waals surface area contributed by atoms with Crippen molar-refractivity contribution in [1.82, 2.24) is 9.13 Å². The van der Waals surface area contributed by atoms with Gasteiger partial charge in [-0.15, -0.1) is 0 Å². The zero-order valence-electron chi connectivity index (χ0n) is 22.3. The Morgan fingerprint density at radius 1 is 0.541 bits per heavy atom. The van der Waals surface area contributed by atoms with Gasteiger partial charge in [0.05, 0.1) is 0 Å². The first kappa shape index (κ1) is 31.6. The molecule has 0 saturated carbocycles. The van der Waals surface area contributed by atoms with Crippen LogP contribution in [0, 0.1) is 3.63 Å². The van der Waals surface area contributed by atoms with Gasteiger partial charge in [0.1, 0.15) is 0 Å². The molecule has 2 aromatic carbocycles. The minimum absolute atomic E-state index is 0.469. The molecule has 3 aromatic rings. The van der Waals surface area contributed by atoms with Gasteiger partial charge in [-0.25, -0.2) is 0 Å². The third-order valence-corrected chi connectivity index (χ3v) is 6.94. The maximum atomic E-state index is 9.87. The number of aromatic nitrogens is 2. The molecule has 0 aliphatic rings. The Labute approximate surface area is 227 Å². The molecule has 0 N–H and O–H groups in total. The third-order valence-electron chi connectivity index (χ3n) is 5.89. The minimum atomic E-state index is -10.7. The van der Waals surface area contributed by atoms with Gasteiger partial charge in [0, 0.05) is 0 Å². The first-order chi connectivity index (χ1) is 16.6. The normalized spacial score (nSPS) is 14.2. The van der Waals surface area contributed by atoms with Gasteiger partial charge in [0.25, 0.3) is 0 Å². The topological polar surface area (TPSA) is 9.86 Å². The molecule has 0 amide bonds. The van der Waals surface area contributed by atoms with Crippen molar-refractivity contribution in [3.63, 3.8) is 0 Å². The number of rotatable bonds is 6. The van der Waals surface area contributed by atoms with Crippen molar-refractivity contribution >= 4 is 7.81 Å². The molecule has 2 nitrogen and oxygen atoms in total. The zero-order valence-corrected chi connectivity index (χ0v) is 25.4. The summed E-state index contributed by atoms with van der Waals surface area (Å²) in [4.78, 5) is 0. The fourth-order valence-corrected chi connectivity index (χ4v) is 5.06. The van der Waals surface area contributed by atoms with E-state index in [9.17, 15) is 25.2 Å². The van der Waals surface area contributed by atoms with Crippen molar-refractivity contribution in [2.24, 2.45) is 0 Å². The molecule has 0 unspecified atom stereocenters. The van der Waals surface area contributed by atoms with Crippen molar-refractivity contribution in [2.45, 2.75) is 79.1 Å². The van der Waals surface area contributed by atoms with E-state index in [4.69, 9.17) is 0 Å². The summed E-state index contributed by atoms with van der Waals surface area (Å²) in [5.41, 5.74) is 8.29. The first-order valence-electron chi connectivity index (χ1n) is 12.2. The van der Waals surface area contributed by atoms with E-state index in [1.54, 1.807) is 0 Å². The molecule has 37 heavy (non-hydrogen) atoms. The summed E-state index contributed by atoms with van der Waals surface area (Å²) in [5.74, 6) is 1.88. The summed E-state index contributed by atoms with van der Waals surface area (Å²) in [7, 11) is -10.7. The Balaban J connectivity index is 0.000000604. The van der Waals surface area contributed by atoms with Gasteiger partial charge in [0.15, 0.2) is 0 Å². The van der Waals surface area contributed by atoms with Crippen LogP contribution in [0.25, 0.3) is 11.4 Å². The fraction of sp³-hybridized carbons (Fsp3) is 0.444. The van der Waals surface area contributed by atoms with Gasteiger partial charge in [-0.3, -0.25) is 0 Å². The Morgan fingerprint density at radius 3 is 0.946 bits per heavy atom. The standard InChI is InChI=1S/C27H36N2.Au.F6P/c1-18(2)22-11-9-12-23(19(3)4)26(22)28-15-16-29(17-28)27-24(20(5)6)13-10-14-25(27)21(7)8;;1-7(2,3,4,5)6/h9-16,18-21H,1-8H3;;/q;2*-1. The molecule has 0 aliphatic carbocycles. The van der Waals surface area contributed by atoms with E-state index in [-0.39, 0.29) is 0 Å². The summed E-state index contributed by atoms with van der Waals surface area (Å²) in [6.45, 7) is 18.3. The van der Waals surface area contributed by atoms with E-state index in [2.05, 4.69) is 134 Å². The number of nitrogens with zero attached hydrogens (tertiary/aromatic N) is 2. The number of hydrogen-bond donors (Lipinski definition) is 0. The van der Waals surface area contributed by atoms with Crippen LogP contribution in [0.1, 0.15) is 101 Å². The van der Waals surface area contributed by atoms with Crippen LogP contribution in [0.15, 0.2) is 48.8 Å². The summed E-state index contributed by atoms with van der Waals surface area (Å²) in [6.07, 6.45) is 4.48. The third kappa shape index (κ3) is 8.98. The summed E-state index contributed by atoms with van der Waals surface area (Å²) in [5, 5.41) is 0. The molecule has 214 valence electrons. The van der Waals surface area contributed by atoms with Crippen LogP contribution >= 0.6 is 7.81 Å². The molecule has 1 heterocycles. The van der Waals surface area contributed by atoms with Crippen LogP contribution < -0.4 is 0 Å². The second-order valence-corrected chi connectivity index (χ2v) is 13.3. The van der Waals surface area contributed by atoms with E-state index in [0.717, 1.165) is 0 Å². The molecule has 0 aliphatic heterocycles. The Hall–Kier alpha value is -1.60. The molecule has 0 fully saturated rings. The van der Waals surface area contributed by atoms with Gasteiger partial charge in [-0.05, 0) is 0 Å². The average Bonchev–Trinajstić information content (AvgIpc) is 3.10. The number of benzene rings is 2. The van der Waals surface area contributed by atoms with E-state index in [1.165, 1.54) is 37.3 Å². The molecule has 0 bridgehead atoms. The predicted molar refractivity (Wildman–Crippen MR) is 138 cm³/mol. The Kier molecular flexibility index (Phi) is 8.99. The van der Waals surface area contributed by atoms with Crippen molar-refractivity contribution in [2.75, 3.05) is 0 Å². The molecule has 10 heteroatoms. The van der Waals surface area contributed by atoms with Crippen LogP contribution in [0.3, 0.4) is 0 Å². The molecule has 0 spiro atoms. The second-order valence-electron chi connectivity index (χ2n) is 10.4. The van der Waals surface area contributed by atoms with Crippen LogP contribution in [0.2, 0.25) is 0 Å². The SMILES string of the molecule is CC(C)c1cccc(C(C)C)c1-n1ccn(-c2c(C(C)C)cccc2C(C)C)[c]1=[Au-].F[P-](F)(F)(F)(F)F. The van der Waals surface area contributed by atoms with E-state index < -0.39 is 7.81 Å². The monoisotopic (exact) mass is 730 g/mol. The van der Waals surface area contributed by atoms with Crippen molar-refractivity contribution in [1.29, 1.82) is 0 Å². The van der Waals surface area contributed by atoms with Gasteiger partial charge in [-0.1, -0.05) is 0 Å². The first-order valence-corrected chi connectivity index (χ1v) is 15.3. The van der Waals surface area contributed by atoms with Crippen LogP contribution in [0.4, 0.5) is 25.2 Å². The van der Waals surface area contributed by atoms with E-state index in [0.29, 0.717) is 23.7 Å². The molecule has 0 radical (unpaired) electrons. The summed E-state index contributed by atoms with van der Waals surface area (Å²) < 4.78 is 65.2. The van der Waals surface area contributed by atoms with Gasteiger partial charge in [-0.2, -0.15) is 0 Å². The molecule has 3 rings (SSSR count). The summed E-state index contributed by atoms with van der Waals surface area (Å²) in [6, 6.07) is 13.6. The summed E-state index contributed by atoms with van der Waals surface area (Å²) >= 11 is 2.77. The fourth-order valence-electron chi connectivity index (χ4n) is 4.26. The number of para-hydroxylation sites is 2. The van der Waals surface area contributed by atoms with Crippen LogP contribution in [0.5, 0.6) is 0 Å². The number of halogens is 6. The van der Waals surface area contributed by atoms with Crippen LogP contribution in [-0.2, 0) is 20.6 Å². The molecule has 0 saturated heterocycles. The van der Waals surface area contributed by atoms with E-state index >= 15 is 0 Å². The second kappa shape index (κ2) is 10.5. The molecular formula is C27H36AuF6N2P-2. The number of hydrogen-bond acceptors (Lipinski definition) is 0. The van der Waals surface area contributed by atoms with E-state index in [1.807, 2.05) is 0 Å². The van der Waals surface area contributed by atoms with Crippen molar-refractivity contribution < 1.29 is 45.8 Å². The molecule has 0 atom stereocenters. The Bertz CT molecular complexity index is 1160. The maximum absolute atomic E-state index is 10.7. The predicted octanol–water partition coefficient (Wildman–Crippen LogP) is 11.2. The van der Waals surface area contributed by atoms with Crippen molar-refractivity contribution in [3.05, 3.63) is 74.7 Å². The Morgan fingerprint density at radius 2 is 0.757 bits per heavy atom. The zero-order chi connectivity index (χ0) is 28.6.